The molecule has 4 rings (SSSR count). The van der Waals surface area contributed by atoms with E-state index < -0.39 is 48.1 Å². The molecule has 4 atom stereocenters. The van der Waals surface area contributed by atoms with Crippen molar-refractivity contribution >= 4 is 23.8 Å². The first kappa shape index (κ1) is 31.3. The Morgan fingerprint density at radius 2 is 1.47 bits per heavy atom. The monoisotopic (exact) mass is 588 g/mol. The van der Waals surface area contributed by atoms with Crippen molar-refractivity contribution in [2.75, 3.05) is 7.05 Å². The molecule has 1 aliphatic rings. The Labute approximate surface area is 252 Å². The molecule has 10 heteroatoms. The van der Waals surface area contributed by atoms with Gasteiger partial charge in [0.25, 0.3) is 0 Å². The maximum absolute atomic E-state index is 14.3. The number of furan rings is 1. The van der Waals surface area contributed by atoms with Crippen molar-refractivity contribution in [2.45, 2.75) is 70.7 Å². The van der Waals surface area contributed by atoms with E-state index in [0.29, 0.717) is 24.4 Å². The molecule has 3 N–H and O–H groups in total. The molecular weight excluding hydrogens is 548 g/mol. The van der Waals surface area contributed by atoms with Gasteiger partial charge < -0.3 is 25.1 Å². The number of nitrogens with zero attached hydrogens (tertiary/aromatic N) is 2. The van der Waals surface area contributed by atoms with Crippen molar-refractivity contribution in [2.24, 2.45) is 5.92 Å². The zero-order valence-corrected chi connectivity index (χ0v) is 25.2. The van der Waals surface area contributed by atoms with E-state index in [9.17, 15) is 24.3 Å². The molecule has 0 unspecified atom stereocenters. The van der Waals surface area contributed by atoms with Crippen LogP contribution in [0.2, 0.25) is 0 Å². The van der Waals surface area contributed by atoms with Gasteiger partial charge in [0.05, 0.1) is 12.1 Å². The maximum Gasteiger partial charge on any atom is 0.407 e. The first-order valence-corrected chi connectivity index (χ1v) is 14.5. The average Bonchev–Trinajstić information content (AvgIpc) is 3.64. The summed E-state index contributed by atoms with van der Waals surface area (Å²) >= 11 is 0. The molecule has 2 heterocycles. The third kappa shape index (κ3) is 7.07. The summed E-state index contributed by atoms with van der Waals surface area (Å²) < 4.78 is 5.93. The Kier molecular flexibility index (Phi) is 9.90. The third-order valence-electron chi connectivity index (χ3n) is 8.08. The molecule has 0 aliphatic carbocycles. The van der Waals surface area contributed by atoms with Crippen molar-refractivity contribution in [3.05, 3.63) is 95.4 Å². The molecule has 2 aromatic carbocycles. The Morgan fingerprint density at radius 1 is 0.884 bits per heavy atom. The number of benzene rings is 2. The minimum Gasteiger partial charge on any atom is -0.465 e. The number of hydrogen-bond acceptors (Lipinski definition) is 5. The van der Waals surface area contributed by atoms with Crippen LogP contribution in [-0.4, -0.2) is 63.9 Å². The number of carbonyl (C=O) groups excluding carboxylic acids is 3. The first-order chi connectivity index (χ1) is 20.5. The molecule has 1 fully saturated rings. The number of hydrogen-bond donors (Lipinski definition) is 3. The molecule has 0 spiro atoms. The largest absolute Gasteiger partial charge is 0.465 e. The van der Waals surface area contributed by atoms with Crippen molar-refractivity contribution in [1.29, 1.82) is 0 Å². The maximum atomic E-state index is 14.3. The van der Waals surface area contributed by atoms with Crippen LogP contribution in [0.15, 0.2) is 77.2 Å². The van der Waals surface area contributed by atoms with Gasteiger partial charge in [-0.25, -0.2) is 4.79 Å². The van der Waals surface area contributed by atoms with E-state index in [4.69, 9.17) is 4.42 Å². The summed E-state index contributed by atoms with van der Waals surface area (Å²) in [6, 6.07) is 19.1. The molecule has 0 radical (unpaired) electrons. The average molecular weight is 589 g/mol. The number of carbonyl (C=O) groups is 4. The van der Waals surface area contributed by atoms with Crippen LogP contribution in [0.1, 0.15) is 68.3 Å². The highest BCUT2D eigenvalue weighted by atomic mass is 16.4. The van der Waals surface area contributed by atoms with Gasteiger partial charge in [-0.05, 0) is 55.9 Å². The van der Waals surface area contributed by atoms with Crippen LogP contribution in [0.4, 0.5) is 4.79 Å². The lowest BCUT2D eigenvalue weighted by Crippen LogP contribution is -2.58. The Balaban J connectivity index is 1.66. The lowest BCUT2D eigenvalue weighted by Gasteiger charge is -2.35. The van der Waals surface area contributed by atoms with Crippen LogP contribution < -0.4 is 10.6 Å². The smallest absolute Gasteiger partial charge is 0.407 e. The zero-order valence-electron chi connectivity index (χ0n) is 25.2. The van der Waals surface area contributed by atoms with Crippen LogP contribution in [0.25, 0.3) is 0 Å². The van der Waals surface area contributed by atoms with Gasteiger partial charge in [-0.1, -0.05) is 74.5 Å². The normalized spacial score (nSPS) is 17.9. The predicted molar refractivity (Wildman–Crippen MR) is 161 cm³/mol. The number of aryl methyl sites for hydroxylation is 1. The summed E-state index contributed by atoms with van der Waals surface area (Å²) in [4.78, 5) is 55.4. The highest BCUT2D eigenvalue weighted by Gasteiger charge is 2.46. The summed E-state index contributed by atoms with van der Waals surface area (Å²) in [5.41, 5.74) is 1.81. The number of carboxylic acid groups (broad SMARTS) is 1. The standard InChI is InChI=1S/C33H40N4O6/c1-20(2)28(34-30(38)22(4)36(5)33(41)42)32(40)37-25(27-19-16-21(3)43-27)17-18-26(37)31(39)35-29(23-12-8-6-9-13-23)24-14-10-7-11-15-24/h6-16,19-20,22,25-26,28-29H,17-18H2,1-5H3,(H,34,38)(H,35,39)(H,41,42)/t22-,25+,26-,28-/m0/s1. The van der Waals surface area contributed by atoms with Crippen LogP contribution >= 0.6 is 0 Å². The van der Waals surface area contributed by atoms with E-state index in [1.165, 1.54) is 18.9 Å². The second kappa shape index (κ2) is 13.6. The number of rotatable bonds is 10. The summed E-state index contributed by atoms with van der Waals surface area (Å²) in [5.74, 6) is -0.440. The van der Waals surface area contributed by atoms with Crippen molar-refractivity contribution in [3.63, 3.8) is 0 Å². The predicted octanol–water partition coefficient (Wildman–Crippen LogP) is 4.67. The van der Waals surface area contributed by atoms with Gasteiger partial charge >= 0.3 is 6.09 Å². The summed E-state index contributed by atoms with van der Waals surface area (Å²) in [5, 5.41) is 15.3. The summed E-state index contributed by atoms with van der Waals surface area (Å²) in [6.07, 6.45) is -0.365. The third-order valence-corrected chi connectivity index (χ3v) is 8.08. The molecule has 3 aromatic rings. The van der Waals surface area contributed by atoms with E-state index in [1.807, 2.05) is 79.7 Å². The van der Waals surface area contributed by atoms with E-state index in [0.717, 1.165) is 16.0 Å². The minimum atomic E-state index is -1.26. The van der Waals surface area contributed by atoms with Crippen LogP contribution in [0.3, 0.4) is 0 Å². The zero-order chi connectivity index (χ0) is 31.3. The van der Waals surface area contributed by atoms with Gasteiger partial charge in [0.15, 0.2) is 0 Å². The number of nitrogens with one attached hydrogen (secondary N) is 2. The molecule has 0 bridgehead atoms. The van der Waals surface area contributed by atoms with Gasteiger partial charge in [-0.2, -0.15) is 0 Å². The Hall–Kier alpha value is -4.60. The second-order valence-electron chi connectivity index (χ2n) is 11.4. The second-order valence-corrected chi connectivity index (χ2v) is 11.4. The van der Waals surface area contributed by atoms with Gasteiger partial charge in [-0.3, -0.25) is 19.3 Å². The molecule has 1 saturated heterocycles. The van der Waals surface area contributed by atoms with E-state index in [-0.39, 0.29) is 11.8 Å². The fourth-order valence-electron chi connectivity index (χ4n) is 5.47. The number of likely N-dealkylation sites (tertiary alicyclic amines) is 1. The quantitative estimate of drug-likeness (QED) is 0.316. The fourth-order valence-corrected chi connectivity index (χ4v) is 5.47. The lowest BCUT2D eigenvalue weighted by molar-refractivity contribution is -0.145. The molecule has 43 heavy (non-hydrogen) atoms. The Bertz CT molecular complexity index is 1380. The highest BCUT2D eigenvalue weighted by molar-refractivity contribution is 5.94. The van der Waals surface area contributed by atoms with Crippen LogP contribution in [0, 0.1) is 12.8 Å². The highest BCUT2D eigenvalue weighted by Crippen LogP contribution is 2.38. The number of likely N-dealkylation sites (N-methyl/N-ethyl adjacent to an activating group) is 1. The van der Waals surface area contributed by atoms with E-state index in [1.54, 1.807) is 13.8 Å². The first-order valence-electron chi connectivity index (χ1n) is 14.5. The van der Waals surface area contributed by atoms with Crippen molar-refractivity contribution in [3.8, 4) is 0 Å². The lowest BCUT2D eigenvalue weighted by atomic mass is 9.98. The van der Waals surface area contributed by atoms with Crippen LogP contribution in [0.5, 0.6) is 0 Å². The molecule has 228 valence electrons. The van der Waals surface area contributed by atoms with Gasteiger partial charge in [0, 0.05) is 7.05 Å². The molecule has 10 nitrogen and oxygen atoms in total. The molecule has 0 saturated carbocycles. The van der Waals surface area contributed by atoms with Gasteiger partial charge in [0.1, 0.15) is 29.6 Å². The van der Waals surface area contributed by atoms with Crippen LogP contribution in [-0.2, 0) is 14.4 Å². The summed E-state index contributed by atoms with van der Waals surface area (Å²) in [7, 11) is 1.30. The van der Waals surface area contributed by atoms with Gasteiger partial charge in [0.2, 0.25) is 17.7 Å². The molecule has 4 amide bonds. The van der Waals surface area contributed by atoms with Crippen molar-refractivity contribution < 1.29 is 28.7 Å². The van der Waals surface area contributed by atoms with E-state index >= 15 is 0 Å². The molecular formula is C33H40N4O6. The minimum absolute atomic E-state index is 0.315. The SMILES string of the molecule is Cc1ccc([C@H]2CC[C@@H](C(=O)NC(c3ccccc3)c3ccccc3)N2C(=O)[C@@H](NC(=O)[C@H](C)N(C)C(=O)O)C(C)C)o1. The topological polar surface area (TPSA) is 132 Å². The summed E-state index contributed by atoms with van der Waals surface area (Å²) in [6.45, 7) is 6.87. The Morgan fingerprint density at radius 3 is 1.95 bits per heavy atom. The number of amides is 4. The van der Waals surface area contributed by atoms with Crippen molar-refractivity contribution in [1.82, 2.24) is 20.4 Å². The van der Waals surface area contributed by atoms with Gasteiger partial charge in [-0.15, -0.1) is 0 Å². The van der Waals surface area contributed by atoms with E-state index in [2.05, 4.69) is 10.6 Å². The fraction of sp³-hybridized carbons (Fsp3) is 0.394. The molecule has 1 aromatic heterocycles. The molecule has 1 aliphatic heterocycles.